The molecular weight excluding hydrogens is 555 g/mol. The minimum atomic E-state index is -0.182. The molecule has 1 nitrogen and oxygen atoms in total. The highest BCUT2D eigenvalue weighted by molar-refractivity contribution is 6.15. The second-order valence-electron chi connectivity index (χ2n) is 12.8. The molecule has 1 heterocycles. The standard InChI is InChI=1S/C45H35N/c1-30-40(36-19-12-18-35(28-36)37-21-13-22-39-38-20-10-11-23-41(38)45(2,3)43(37)39)29-42(33-16-8-5-9-17-33)46-44(30)34-26-24-32(25-27-34)31-14-6-4-7-15-31/h4-29,44H,1H2,2-3H3. The molecule has 0 radical (unpaired) electrons. The number of benzene rings is 6. The number of aliphatic imine (C=N–C) groups is 1. The van der Waals surface area contributed by atoms with Gasteiger partial charge in [0.1, 0.15) is 6.04 Å². The smallest absolute Gasteiger partial charge is 0.101 e. The third kappa shape index (κ3) is 4.68. The maximum absolute atomic E-state index is 5.29. The van der Waals surface area contributed by atoms with Crippen LogP contribution in [0.2, 0.25) is 0 Å². The molecule has 0 aromatic heterocycles. The van der Waals surface area contributed by atoms with Crippen LogP contribution in [0.4, 0.5) is 0 Å². The van der Waals surface area contributed by atoms with Crippen molar-refractivity contribution >= 4 is 11.3 Å². The summed E-state index contributed by atoms with van der Waals surface area (Å²) < 4.78 is 0. The molecule has 0 fully saturated rings. The summed E-state index contributed by atoms with van der Waals surface area (Å²) in [5.41, 5.74) is 16.8. The summed E-state index contributed by atoms with van der Waals surface area (Å²) in [6, 6.07) is 54.2. The first-order chi connectivity index (χ1) is 22.5. The van der Waals surface area contributed by atoms with Crippen LogP contribution in [0.15, 0.2) is 175 Å². The molecule has 1 atom stereocenters. The second-order valence-corrected chi connectivity index (χ2v) is 12.8. The maximum atomic E-state index is 5.29. The topological polar surface area (TPSA) is 12.4 Å². The van der Waals surface area contributed by atoms with Crippen molar-refractivity contribution in [3.8, 4) is 33.4 Å². The van der Waals surface area contributed by atoms with Crippen LogP contribution in [0.5, 0.6) is 0 Å². The number of allylic oxidation sites excluding steroid dienone is 1. The Bertz CT molecular complexity index is 2160. The lowest BCUT2D eigenvalue weighted by atomic mass is 9.78. The van der Waals surface area contributed by atoms with Gasteiger partial charge in [-0.25, -0.2) is 0 Å². The molecule has 0 N–H and O–H groups in total. The summed E-state index contributed by atoms with van der Waals surface area (Å²) in [5.74, 6) is 0. The second kappa shape index (κ2) is 11.1. The number of rotatable bonds is 5. The van der Waals surface area contributed by atoms with Crippen molar-refractivity contribution in [2.45, 2.75) is 25.3 Å². The van der Waals surface area contributed by atoms with E-state index in [1.165, 1.54) is 44.5 Å². The Morgan fingerprint density at radius 3 is 1.85 bits per heavy atom. The van der Waals surface area contributed by atoms with Gasteiger partial charge in [-0.2, -0.15) is 0 Å². The van der Waals surface area contributed by atoms with E-state index in [2.05, 4.69) is 178 Å². The molecule has 0 spiro atoms. The van der Waals surface area contributed by atoms with Crippen LogP contribution in [-0.4, -0.2) is 5.71 Å². The quantitative estimate of drug-likeness (QED) is 0.190. The first-order valence-corrected chi connectivity index (χ1v) is 16.0. The summed E-state index contributed by atoms with van der Waals surface area (Å²) in [4.78, 5) is 5.29. The summed E-state index contributed by atoms with van der Waals surface area (Å²) >= 11 is 0. The molecule has 2 aliphatic rings. The summed E-state index contributed by atoms with van der Waals surface area (Å²) in [5, 5.41) is 0. The molecule has 1 unspecified atom stereocenters. The van der Waals surface area contributed by atoms with Crippen molar-refractivity contribution in [2.75, 3.05) is 0 Å². The van der Waals surface area contributed by atoms with Crippen LogP contribution in [-0.2, 0) is 5.41 Å². The fourth-order valence-corrected chi connectivity index (χ4v) is 7.37. The van der Waals surface area contributed by atoms with Crippen molar-refractivity contribution < 1.29 is 0 Å². The van der Waals surface area contributed by atoms with E-state index in [0.29, 0.717) is 0 Å². The number of nitrogens with zero attached hydrogens (tertiary/aromatic N) is 1. The van der Waals surface area contributed by atoms with Crippen LogP contribution in [0, 0.1) is 0 Å². The normalized spacial score (nSPS) is 16.3. The Morgan fingerprint density at radius 2 is 1.09 bits per heavy atom. The average Bonchev–Trinajstić information content (AvgIpc) is 3.36. The van der Waals surface area contributed by atoms with E-state index in [0.717, 1.165) is 33.5 Å². The predicted molar refractivity (Wildman–Crippen MR) is 194 cm³/mol. The third-order valence-corrected chi connectivity index (χ3v) is 9.69. The average molecular weight is 590 g/mol. The lowest BCUT2D eigenvalue weighted by molar-refractivity contribution is 0.662. The molecule has 0 amide bonds. The van der Waals surface area contributed by atoms with Crippen molar-refractivity contribution in [2.24, 2.45) is 4.99 Å². The number of fused-ring (bicyclic) bond motifs is 3. The minimum Gasteiger partial charge on any atom is -0.272 e. The van der Waals surface area contributed by atoms with Crippen LogP contribution >= 0.6 is 0 Å². The Kier molecular flexibility index (Phi) is 6.76. The number of hydrogen-bond donors (Lipinski definition) is 0. The van der Waals surface area contributed by atoms with E-state index in [-0.39, 0.29) is 11.5 Å². The van der Waals surface area contributed by atoms with E-state index in [1.807, 2.05) is 0 Å². The lowest BCUT2D eigenvalue weighted by Gasteiger charge is -2.26. The minimum absolute atomic E-state index is 0.0869. The van der Waals surface area contributed by atoms with Gasteiger partial charge in [-0.15, -0.1) is 0 Å². The van der Waals surface area contributed by atoms with E-state index < -0.39 is 0 Å². The van der Waals surface area contributed by atoms with Gasteiger partial charge in [-0.1, -0.05) is 166 Å². The van der Waals surface area contributed by atoms with Crippen molar-refractivity contribution in [1.82, 2.24) is 0 Å². The zero-order valence-electron chi connectivity index (χ0n) is 26.2. The van der Waals surface area contributed by atoms with Crippen molar-refractivity contribution in [1.29, 1.82) is 0 Å². The van der Waals surface area contributed by atoms with E-state index in [1.54, 1.807) is 0 Å². The molecule has 1 heteroatoms. The molecule has 6 aromatic carbocycles. The van der Waals surface area contributed by atoms with E-state index >= 15 is 0 Å². The lowest BCUT2D eigenvalue weighted by Crippen LogP contribution is -2.16. The predicted octanol–water partition coefficient (Wildman–Crippen LogP) is 11.5. The molecule has 46 heavy (non-hydrogen) atoms. The fraction of sp³-hybridized carbons (Fsp3) is 0.0889. The Morgan fingerprint density at radius 1 is 0.522 bits per heavy atom. The Hall–Kier alpha value is -5.53. The highest BCUT2D eigenvalue weighted by Gasteiger charge is 2.37. The Labute approximate surface area is 272 Å². The van der Waals surface area contributed by atoms with Crippen molar-refractivity contribution in [3.63, 3.8) is 0 Å². The summed E-state index contributed by atoms with van der Waals surface area (Å²) in [7, 11) is 0. The monoisotopic (exact) mass is 589 g/mol. The zero-order chi connectivity index (χ0) is 31.3. The molecule has 220 valence electrons. The molecule has 0 saturated heterocycles. The SMILES string of the molecule is C=C1C(c2cccc(-c3cccc4c3C(C)(C)c3ccccc3-4)c2)=CC(c2ccccc2)=NC1c1ccc(-c2ccccc2)cc1. The van der Waals surface area contributed by atoms with E-state index in [9.17, 15) is 0 Å². The largest absolute Gasteiger partial charge is 0.272 e. The van der Waals surface area contributed by atoms with Crippen LogP contribution < -0.4 is 0 Å². The number of hydrogen-bond acceptors (Lipinski definition) is 1. The van der Waals surface area contributed by atoms with Gasteiger partial charge in [0.2, 0.25) is 0 Å². The highest BCUT2D eigenvalue weighted by atomic mass is 14.8. The first-order valence-electron chi connectivity index (χ1n) is 16.0. The molecule has 0 saturated carbocycles. The molecule has 8 rings (SSSR count). The van der Waals surface area contributed by atoms with Crippen LogP contribution in [0.25, 0.3) is 39.0 Å². The van der Waals surface area contributed by atoms with Gasteiger partial charge in [-0.3, -0.25) is 4.99 Å². The van der Waals surface area contributed by atoms with Crippen molar-refractivity contribution in [3.05, 3.63) is 198 Å². The molecule has 0 bridgehead atoms. The summed E-state index contributed by atoms with van der Waals surface area (Å²) in [6.45, 7) is 9.38. The number of dihydropyridines is 1. The molecule has 1 aliphatic heterocycles. The fourth-order valence-electron chi connectivity index (χ4n) is 7.37. The molecular formula is C45H35N. The van der Waals surface area contributed by atoms with Gasteiger partial charge in [0.05, 0.1) is 5.71 Å². The van der Waals surface area contributed by atoms with Gasteiger partial charge >= 0.3 is 0 Å². The van der Waals surface area contributed by atoms with Gasteiger partial charge in [0.15, 0.2) is 0 Å². The third-order valence-electron chi connectivity index (χ3n) is 9.69. The van der Waals surface area contributed by atoms with Crippen LogP contribution in [0.1, 0.15) is 47.7 Å². The van der Waals surface area contributed by atoms with Gasteiger partial charge in [-0.05, 0) is 84.5 Å². The Balaban J connectivity index is 1.22. The van der Waals surface area contributed by atoms with Gasteiger partial charge < -0.3 is 0 Å². The van der Waals surface area contributed by atoms with Gasteiger partial charge in [0.25, 0.3) is 0 Å². The molecule has 6 aromatic rings. The van der Waals surface area contributed by atoms with Gasteiger partial charge in [0, 0.05) is 5.41 Å². The highest BCUT2D eigenvalue weighted by Crippen LogP contribution is 2.52. The van der Waals surface area contributed by atoms with E-state index in [4.69, 9.17) is 4.99 Å². The zero-order valence-corrected chi connectivity index (χ0v) is 26.2. The molecule has 1 aliphatic carbocycles. The first kappa shape index (κ1) is 28.0. The van der Waals surface area contributed by atoms with Crippen LogP contribution in [0.3, 0.4) is 0 Å². The summed E-state index contributed by atoms with van der Waals surface area (Å²) in [6.07, 6.45) is 2.22. The maximum Gasteiger partial charge on any atom is 0.101 e.